The Kier molecular flexibility index (Phi) is 12.1. The normalized spacial score (nSPS) is 11.5. The van der Waals surface area contributed by atoms with Gasteiger partial charge in [-0.3, -0.25) is 14.6 Å². The van der Waals surface area contributed by atoms with Gasteiger partial charge in [-0.15, -0.1) is 24.0 Å². The third-order valence-corrected chi connectivity index (χ3v) is 2.14. The van der Waals surface area contributed by atoms with Gasteiger partial charge in [0, 0.05) is 19.1 Å². The highest BCUT2D eigenvalue weighted by Gasteiger charge is 2.13. The molecule has 8 heteroatoms. The molecule has 0 heterocycles. The summed E-state index contributed by atoms with van der Waals surface area (Å²) in [6.07, 6.45) is 0.128. The van der Waals surface area contributed by atoms with Crippen LogP contribution in [0.25, 0.3) is 0 Å². The lowest BCUT2D eigenvalue weighted by Gasteiger charge is -2.21. The number of nitrogens with one attached hydrogen (secondary N) is 3. The number of esters is 1. The zero-order valence-corrected chi connectivity index (χ0v) is 16.6. The zero-order valence-electron chi connectivity index (χ0n) is 14.3. The van der Waals surface area contributed by atoms with Crippen molar-refractivity contribution >= 4 is 41.8 Å². The van der Waals surface area contributed by atoms with Gasteiger partial charge in [0.1, 0.15) is 0 Å². The molecule has 0 fully saturated rings. The molecule has 0 aromatic heterocycles. The molecular weight excluding hydrogens is 399 g/mol. The number of hydrogen-bond donors (Lipinski definition) is 3. The summed E-state index contributed by atoms with van der Waals surface area (Å²) in [5, 5.41) is 8.67. The summed E-state index contributed by atoms with van der Waals surface area (Å²) in [7, 11) is 1.60. The van der Waals surface area contributed by atoms with Crippen LogP contribution in [-0.2, 0) is 14.3 Å². The third-order valence-electron chi connectivity index (χ3n) is 2.14. The fourth-order valence-corrected chi connectivity index (χ4v) is 1.45. The summed E-state index contributed by atoms with van der Waals surface area (Å²) in [6.45, 7) is 9.87. The van der Waals surface area contributed by atoms with E-state index in [9.17, 15) is 9.59 Å². The first-order valence-electron chi connectivity index (χ1n) is 7.09. The molecule has 1 amide bonds. The molecule has 3 N–H and O–H groups in total. The predicted octanol–water partition coefficient (Wildman–Crippen LogP) is 1.03. The molecule has 0 bridgehead atoms. The van der Waals surface area contributed by atoms with Gasteiger partial charge in [-0.1, -0.05) is 0 Å². The van der Waals surface area contributed by atoms with Crippen molar-refractivity contribution in [1.29, 1.82) is 0 Å². The largest absolute Gasteiger partial charge is 0.463 e. The van der Waals surface area contributed by atoms with Crippen molar-refractivity contribution in [2.45, 2.75) is 52.7 Å². The van der Waals surface area contributed by atoms with Gasteiger partial charge in [-0.25, -0.2) is 0 Å². The molecule has 0 atom stereocenters. The lowest BCUT2D eigenvalue weighted by atomic mass is 10.1. The fraction of sp³-hybridized carbons (Fsp3) is 0.786. The number of aliphatic imine (C=N–C) groups is 1. The number of ether oxygens (including phenoxy) is 1. The van der Waals surface area contributed by atoms with E-state index in [0.717, 1.165) is 0 Å². The highest BCUT2D eigenvalue weighted by Crippen LogP contribution is 1.97. The van der Waals surface area contributed by atoms with Crippen LogP contribution in [0.3, 0.4) is 0 Å². The first-order valence-corrected chi connectivity index (χ1v) is 7.09. The second-order valence-electron chi connectivity index (χ2n) is 5.94. The summed E-state index contributed by atoms with van der Waals surface area (Å²) in [4.78, 5) is 27.0. The van der Waals surface area contributed by atoms with Crippen molar-refractivity contribution in [3.63, 3.8) is 0 Å². The maximum atomic E-state index is 11.7. The second kappa shape index (κ2) is 11.5. The lowest BCUT2D eigenvalue weighted by molar-refractivity contribution is -0.147. The monoisotopic (exact) mass is 428 g/mol. The summed E-state index contributed by atoms with van der Waals surface area (Å²) >= 11 is 0. The topological polar surface area (TPSA) is 91.8 Å². The molecule has 0 aliphatic heterocycles. The first kappa shape index (κ1) is 23.2. The van der Waals surface area contributed by atoms with E-state index in [1.807, 2.05) is 20.8 Å². The predicted molar refractivity (Wildman–Crippen MR) is 98.5 cm³/mol. The smallest absolute Gasteiger partial charge is 0.307 e. The molecule has 130 valence electrons. The Morgan fingerprint density at radius 3 is 2.23 bits per heavy atom. The molecule has 0 spiro atoms. The van der Waals surface area contributed by atoms with Gasteiger partial charge in [0.2, 0.25) is 5.91 Å². The highest BCUT2D eigenvalue weighted by molar-refractivity contribution is 14.0. The van der Waals surface area contributed by atoms with E-state index in [-0.39, 0.29) is 60.5 Å². The average Bonchev–Trinajstić information content (AvgIpc) is 2.30. The van der Waals surface area contributed by atoms with Crippen LogP contribution in [0.5, 0.6) is 0 Å². The van der Waals surface area contributed by atoms with Crippen molar-refractivity contribution in [2.24, 2.45) is 4.99 Å². The van der Waals surface area contributed by atoms with E-state index in [1.54, 1.807) is 20.9 Å². The average molecular weight is 428 g/mol. The zero-order chi connectivity index (χ0) is 16.5. The van der Waals surface area contributed by atoms with Crippen molar-refractivity contribution in [1.82, 2.24) is 16.0 Å². The summed E-state index contributed by atoms with van der Waals surface area (Å²) in [5.41, 5.74) is -0.268. The molecule has 0 saturated heterocycles. The van der Waals surface area contributed by atoms with Gasteiger partial charge < -0.3 is 20.7 Å². The van der Waals surface area contributed by atoms with E-state index >= 15 is 0 Å². The summed E-state index contributed by atoms with van der Waals surface area (Å²) < 4.78 is 5.02. The maximum Gasteiger partial charge on any atom is 0.307 e. The van der Waals surface area contributed by atoms with Gasteiger partial charge in [0.15, 0.2) is 5.96 Å². The first-order chi connectivity index (χ1) is 9.64. The Morgan fingerprint density at radius 2 is 1.77 bits per heavy atom. The molecule has 7 nitrogen and oxygen atoms in total. The number of guanidine groups is 1. The molecule has 0 rings (SSSR count). The molecule has 0 aromatic carbocycles. The van der Waals surface area contributed by atoms with E-state index in [4.69, 9.17) is 4.74 Å². The van der Waals surface area contributed by atoms with Crippen molar-refractivity contribution in [2.75, 3.05) is 20.1 Å². The molecule has 0 unspecified atom stereocenters. The SMILES string of the molecule is CN=C(NCCC(=O)OC(C)C)NCC(=O)NC(C)(C)C.I. The quantitative estimate of drug-likeness (QED) is 0.254. The second-order valence-corrected chi connectivity index (χ2v) is 5.94. The molecule has 0 aromatic rings. The van der Waals surface area contributed by atoms with E-state index < -0.39 is 0 Å². The molecule has 0 radical (unpaired) electrons. The van der Waals surface area contributed by atoms with Crippen LogP contribution in [0.15, 0.2) is 4.99 Å². The molecule has 0 aliphatic rings. The highest BCUT2D eigenvalue weighted by atomic mass is 127. The van der Waals surface area contributed by atoms with Crippen LogP contribution in [0, 0.1) is 0 Å². The van der Waals surface area contributed by atoms with Crippen molar-refractivity contribution in [3.05, 3.63) is 0 Å². The van der Waals surface area contributed by atoms with Crippen LogP contribution < -0.4 is 16.0 Å². The minimum absolute atomic E-state index is 0. The van der Waals surface area contributed by atoms with Gasteiger partial charge >= 0.3 is 5.97 Å². The minimum atomic E-state index is -0.268. The number of carbonyl (C=O) groups excluding carboxylic acids is 2. The molecular formula is C14H29IN4O3. The summed E-state index contributed by atoms with van der Waals surface area (Å²) in [5.74, 6) is 0.0829. The number of nitrogens with zero attached hydrogens (tertiary/aromatic N) is 1. The molecule has 0 saturated carbocycles. The number of hydrogen-bond acceptors (Lipinski definition) is 4. The molecule has 22 heavy (non-hydrogen) atoms. The number of rotatable bonds is 6. The Morgan fingerprint density at radius 1 is 1.18 bits per heavy atom. The van der Waals surface area contributed by atoms with Crippen LogP contribution in [0.4, 0.5) is 0 Å². The van der Waals surface area contributed by atoms with Gasteiger partial charge in [0.05, 0.1) is 19.1 Å². The van der Waals surface area contributed by atoms with E-state index in [0.29, 0.717) is 12.5 Å². The van der Waals surface area contributed by atoms with E-state index in [2.05, 4.69) is 20.9 Å². The Labute approximate surface area is 150 Å². The van der Waals surface area contributed by atoms with Gasteiger partial charge in [0.25, 0.3) is 0 Å². The number of halogens is 1. The number of amides is 1. The molecule has 0 aliphatic carbocycles. The van der Waals surface area contributed by atoms with Crippen LogP contribution in [-0.4, -0.2) is 49.6 Å². The van der Waals surface area contributed by atoms with Crippen LogP contribution >= 0.6 is 24.0 Å². The maximum absolute atomic E-state index is 11.7. The van der Waals surface area contributed by atoms with Crippen LogP contribution in [0.2, 0.25) is 0 Å². The Bertz CT molecular complexity index is 379. The lowest BCUT2D eigenvalue weighted by Crippen LogP contribution is -2.48. The minimum Gasteiger partial charge on any atom is -0.463 e. The van der Waals surface area contributed by atoms with Crippen molar-refractivity contribution in [3.8, 4) is 0 Å². The standard InChI is InChI=1S/C14H28N4O3.HI/c1-10(2)21-12(20)7-8-16-13(15-6)17-9-11(19)18-14(3,4)5;/h10H,7-9H2,1-6H3,(H,18,19)(H2,15,16,17);1H. The third kappa shape index (κ3) is 13.9. The van der Waals surface area contributed by atoms with Gasteiger partial charge in [-0.05, 0) is 34.6 Å². The van der Waals surface area contributed by atoms with Crippen LogP contribution in [0.1, 0.15) is 41.0 Å². The van der Waals surface area contributed by atoms with Crippen molar-refractivity contribution < 1.29 is 14.3 Å². The number of carbonyl (C=O) groups is 2. The summed E-state index contributed by atoms with van der Waals surface area (Å²) in [6, 6.07) is 0. The Balaban J connectivity index is 0. The van der Waals surface area contributed by atoms with E-state index in [1.165, 1.54) is 0 Å². The Hall–Kier alpha value is -1.06. The fourth-order valence-electron chi connectivity index (χ4n) is 1.45. The van der Waals surface area contributed by atoms with Gasteiger partial charge in [-0.2, -0.15) is 0 Å².